The van der Waals surface area contributed by atoms with Crippen molar-refractivity contribution in [2.24, 2.45) is 0 Å². The van der Waals surface area contributed by atoms with E-state index in [2.05, 4.69) is 0 Å². The van der Waals surface area contributed by atoms with Crippen LogP contribution in [0.4, 0.5) is 0 Å². The van der Waals surface area contributed by atoms with Gasteiger partial charge in [0.1, 0.15) is 0 Å². The summed E-state index contributed by atoms with van der Waals surface area (Å²) in [7, 11) is 0. The quantitative estimate of drug-likeness (QED) is 0.650. The van der Waals surface area contributed by atoms with Crippen molar-refractivity contribution in [2.75, 3.05) is 6.61 Å². The molecule has 0 spiro atoms. The fourth-order valence-electron chi connectivity index (χ4n) is 1.03. The van der Waals surface area contributed by atoms with Crippen LogP contribution in [0.2, 0.25) is 0 Å². The summed E-state index contributed by atoms with van der Waals surface area (Å²) in [5.41, 5.74) is 0. The van der Waals surface area contributed by atoms with Gasteiger partial charge >= 0.3 is 11.9 Å². The van der Waals surface area contributed by atoms with Crippen LogP contribution in [-0.2, 0) is 19.1 Å². The van der Waals surface area contributed by atoms with Crippen LogP contribution in [0, 0.1) is 0 Å². The van der Waals surface area contributed by atoms with Crippen molar-refractivity contribution in [1.82, 2.24) is 0 Å². The largest absolute Gasteiger partial charge is 0.481 e. The Bertz CT molecular complexity index is 212. The molecule has 0 saturated carbocycles. The van der Waals surface area contributed by atoms with E-state index in [0.29, 0.717) is 6.61 Å². The Morgan fingerprint density at radius 2 is 1.93 bits per heavy atom. The maximum Gasteiger partial charge on any atom is 0.335 e. The van der Waals surface area contributed by atoms with Gasteiger partial charge in [-0.3, -0.25) is 4.79 Å². The van der Waals surface area contributed by atoms with Gasteiger partial charge in [-0.05, 0) is 27.2 Å². The Morgan fingerprint density at radius 1 is 1.33 bits per heavy atom. The van der Waals surface area contributed by atoms with Gasteiger partial charge in [0.25, 0.3) is 0 Å². The molecule has 5 heteroatoms. The lowest BCUT2D eigenvalue weighted by atomic mass is 10.2. The Hall–Kier alpha value is -1.10. The number of carboxylic acid groups (broad SMARTS) is 1. The summed E-state index contributed by atoms with van der Waals surface area (Å²) in [4.78, 5) is 21.8. The van der Waals surface area contributed by atoms with E-state index < -0.39 is 18.0 Å². The first-order chi connectivity index (χ1) is 6.97. The van der Waals surface area contributed by atoms with Crippen LogP contribution in [0.5, 0.6) is 0 Å². The van der Waals surface area contributed by atoms with Crippen LogP contribution >= 0.6 is 0 Å². The molecule has 0 aliphatic heterocycles. The van der Waals surface area contributed by atoms with E-state index in [-0.39, 0.29) is 18.9 Å². The molecule has 0 aliphatic rings. The van der Waals surface area contributed by atoms with Crippen molar-refractivity contribution in [2.45, 2.75) is 45.8 Å². The number of carbonyl (C=O) groups is 2. The zero-order chi connectivity index (χ0) is 11.8. The summed E-state index contributed by atoms with van der Waals surface area (Å²) >= 11 is 0. The SMILES string of the molecule is CCOC(CCC(=O)O)C(=O)OC(C)C. The normalized spacial score (nSPS) is 12.5. The number of aliphatic carboxylic acids is 1. The Morgan fingerprint density at radius 3 is 2.33 bits per heavy atom. The smallest absolute Gasteiger partial charge is 0.335 e. The highest BCUT2D eigenvalue weighted by atomic mass is 16.6. The number of esters is 1. The van der Waals surface area contributed by atoms with Gasteiger partial charge in [0.05, 0.1) is 6.10 Å². The molecule has 1 unspecified atom stereocenters. The van der Waals surface area contributed by atoms with Crippen molar-refractivity contribution in [3.8, 4) is 0 Å². The van der Waals surface area contributed by atoms with Crippen molar-refractivity contribution < 1.29 is 24.2 Å². The third-order valence-electron chi connectivity index (χ3n) is 1.60. The second kappa shape index (κ2) is 7.23. The van der Waals surface area contributed by atoms with Gasteiger partial charge in [0, 0.05) is 13.0 Å². The zero-order valence-electron chi connectivity index (χ0n) is 9.36. The molecule has 0 aromatic carbocycles. The average Bonchev–Trinajstić information content (AvgIpc) is 2.10. The van der Waals surface area contributed by atoms with E-state index in [1.807, 2.05) is 0 Å². The second-order valence-corrected chi connectivity index (χ2v) is 3.36. The minimum atomic E-state index is -0.947. The van der Waals surface area contributed by atoms with Gasteiger partial charge in [-0.2, -0.15) is 0 Å². The van der Waals surface area contributed by atoms with Crippen LogP contribution < -0.4 is 0 Å². The van der Waals surface area contributed by atoms with Crippen LogP contribution in [0.1, 0.15) is 33.6 Å². The summed E-state index contributed by atoms with van der Waals surface area (Å²) < 4.78 is 10.1. The molecule has 0 aliphatic carbocycles. The van der Waals surface area contributed by atoms with Crippen LogP contribution in [0.25, 0.3) is 0 Å². The third-order valence-corrected chi connectivity index (χ3v) is 1.60. The van der Waals surface area contributed by atoms with E-state index in [0.717, 1.165) is 0 Å². The highest BCUT2D eigenvalue weighted by molar-refractivity contribution is 5.76. The van der Waals surface area contributed by atoms with Gasteiger partial charge in [0.15, 0.2) is 6.10 Å². The predicted molar refractivity (Wildman–Crippen MR) is 53.5 cm³/mol. The molecule has 0 aromatic heterocycles. The van der Waals surface area contributed by atoms with E-state index in [1.54, 1.807) is 20.8 Å². The fraction of sp³-hybridized carbons (Fsp3) is 0.800. The molecule has 0 rings (SSSR count). The molecule has 5 nitrogen and oxygen atoms in total. The lowest BCUT2D eigenvalue weighted by Gasteiger charge is -2.16. The van der Waals surface area contributed by atoms with Crippen LogP contribution in [0.3, 0.4) is 0 Å². The predicted octanol–water partition coefficient (Wildman–Crippen LogP) is 1.21. The second-order valence-electron chi connectivity index (χ2n) is 3.36. The van der Waals surface area contributed by atoms with Crippen molar-refractivity contribution in [3.05, 3.63) is 0 Å². The Labute approximate surface area is 89.4 Å². The summed E-state index contributed by atoms with van der Waals surface area (Å²) in [5, 5.41) is 8.49. The molecule has 0 fully saturated rings. The number of hydrogen-bond donors (Lipinski definition) is 1. The zero-order valence-corrected chi connectivity index (χ0v) is 9.36. The molecule has 0 radical (unpaired) electrons. The molecular weight excluding hydrogens is 200 g/mol. The first kappa shape index (κ1) is 13.9. The minimum absolute atomic E-state index is 0.0993. The molecule has 0 heterocycles. The molecule has 15 heavy (non-hydrogen) atoms. The van der Waals surface area contributed by atoms with E-state index in [9.17, 15) is 9.59 Å². The molecule has 88 valence electrons. The molecular formula is C10H18O5. The van der Waals surface area contributed by atoms with Crippen LogP contribution in [0.15, 0.2) is 0 Å². The van der Waals surface area contributed by atoms with Gasteiger partial charge in [-0.25, -0.2) is 4.79 Å². The average molecular weight is 218 g/mol. The van der Waals surface area contributed by atoms with Gasteiger partial charge in [-0.15, -0.1) is 0 Å². The molecule has 0 saturated heterocycles. The van der Waals surface area contributed by atoms with Crippen molar-refractivity contribution in [3.63, 3.8) is 0 Å². The number of carboxylic acids is 1. The lowest BCUT2D eigenvalue weighted by molar-refractivity contribution is -0.161. The highest BCUT2D eigenvalue weighted by Crippen LogP contribution is 2.06. The van der Waals surface area contributed by atoms with Gasteiger partial charge in [-0.1, -0.05) is 0 Å². The molecule has 1 N–H and O–H groups in total. The first-order valence-corrected chi connectivity index (χ1v) is 5.01. The molecule has 0 bridgehead atoms. The minimum Gasteiger partial charge on any atom is -0.481 e. The molecule has 1 atom stereocenters. The Kier molecular flexibility index (Phi) is 6.70. The van der Waals surface area contributed by atoms with E-state index in [4.69, 9.17) is 14.6 Å². The summed E-state index contributed by atoms with van der Waals surface area (Å²) in [6.45, 7) is 5.57. The monoisotopic (exact) mass is 218 g/mol. The molecule has 0 amide bonds. The summed E-state index contributed by atoms with van der Waals surface area (Å²) in [5.74, 6) is -1.44. The van der Waals surface area contributed by atoms with Gasteiger partial charge < -0.3 is 14.6 Å². The third kappa shape index (κ3) is 6.90. The Balaban J connectivity index is 4.11. The summed E-state index contributed by atoms with van der Waals surface area (Å²) in [6, 6.07) is 0. The fourth-order valence-corrected chi connectivity index (χ4v) is 1.03. The van der Waals surface area contributed by atoms with Crippen LogP contribution in [-0.4, -0.2) is 35.9 Å². The lowest BCUT2D eigenvalue weighted by Crippen LogP contribution is -2.29. The summed E-state index contributed by atoms with van der Waals surface area (Å²) in [6.07, 6.45) is -0.939. The topological polar surface area (TPSA) is 72.8 Å². The number of carbonyl (C=O) groups excluding carboxylic acids is 1. The van der Waals surface area contributed by atoms with E-state index in [1.165, 1.54) is 0 Å². The first-order valence-electron chi connectivity index (χ1n) is 5.01. The highest BCUT2D eigenvalue weighted by Gasteiger charge is 2.22. The standard InChI is InChI=1S/C10H18O5/c1-4-14-8(5-6-9(11)12)10(13)15-7(2)3/h7-8H,4-6H2,1-3H3,(H,11,12). The maximum atomic E-state index is 11.4. The molecule has 0 aromatic rings. The van der Waals surface area contributed by atoms with Gasteiger partial charge in [0.2, 0.25) is 0 Å². The number of ether oxygens (including phenoxy) is 2. The van der Waals surface area contributed by atoms with Crippen molar-refractivity contribution in [1.29, 1.82) is 0 Å². The number of hydrogen-bond acceptors (Lipinski definition) is 4. The van der Waals surface area contributed by atoms with Crippen molar-refractivity contribution >= 4 is 11.9 Å². The maximum absolute atomic E-state index is 11.4. The number of rotatable bonds is 7. The van der Waals surface area contributed by atoms with E-state index >= 15 is 0 Å².